The maximum Gasteiger partial charge on any atom is 0.278 e. The summed E-state index contributed by atoms with van der Waals surface area (Å²) in [5.41, 5.74) is 0.655. The number of hydrogen-bond acceptors (Lipinski definition) is 5. The first-order valence-corrected chi connectivity index (χ1v) is 7.44. The molecule has 18 heavy (non-hydrogen) atoms. The molecule has 0 aliphatic carbocycles. The van der Waals surface area contributed by atoms with Crippen LogP contribution in [0.4, 0.5) is 0 Å². The van der Waals surface area contributed by atoms with E-state index < -0.39 is 10.0 Å². The molecule has 1 N–H and O–H groups in total. The maximum atomic E-state index is 12.4. The van der Waals surface area contributed by atoms with Crippen LogP contribution in [0.5, 0.6) is 0 Å². The molecular formula is C11H18N4O2S. The summed E-state index contributed by atoms with van der Waals surface area (Å²) in [5.74, 6) is 0. The van der Waals surface area contributed by atoms with Crippen molar-refractivity contribution in [3.63, 3.8) is 0 Å². The van der Waals surface area contributed by atoms with Gasteiger partial charge in [0.1, 0.15) is 0 Å². The second-order valence-electron chi connectivity index (χ2n) is 4.48. The predicted octanol–water partition coefficient (Wildman–Crippen LogP) is 0.158. The molecule has 0 unspecified atom stereocenters. The molecule has 1 aliphatic heterocycles. The topological polar surface area (TPSA) is 75.2 Å². The molecule has 0 atom stereocenters. The van der Waals surface area contributed by atoms with Gasteiger partial charge in [-0.05, 0) is 38.9 Å². The number of aromatic nitrogens is 2. The monoisotopic (exact) mass is 270 g/mol. The van der Waals surface area contributed by atoms with E-state index in [2.05, 4.69) is 15.3 Å². The van der Waals surface area contributed by atoms with Crippen molar-refractivity contribution >= 4 is 10.0 Å². The third-order valence-electron chi connectivity index (χ3n) is 3.21. The molecule has 0 aromatic carbocycles. The fourth-order valence-corrected chi connectivity index (χ4v) is 3.36. The Morgan fingerprint density at radius 3 is 2.67 bits per heavy atom. The minimum absolute atomic E-state index is 0.0281. The van der Waals surface area contributed by atoms with Gasteiger partial charge in [0, 0.05) is 25.0 Å². The van der Waals surface area contributed by atoms with Gasteiger partial charge in [0.05, 0.1) is 0 Å². The maximum absolute atomic E-state index is 12.4. The first-order valence-electron chi connectivity index (χ1n) is 6.00. The number of piperidine rings is 1. The van der Waals surface area contributed by atoms with Crippen LogP contribution >= 0.6 is 0 Å². The van der Waals surface area contributed by atoms with Crippen LogP contribution in [-0.2, 0) is 10.0 Å². The zero-order valence-corrected chi connectivity index (χ0v) is 11.4. The van der Waals surface area contributed by atoms with Crippen molar-refractivity contribution in [1.29, 1.82) is 0 Å². The summed E-state index contributed by atoms with van der Waals surface area (Å²) >= 11 is 0. The molecule has 2 heterocycles. The third-order valence-corrected chi connectivity index (χ3v) is 4.92. The van der Waals surface area contributed by atoms with Gasteiger partial charge < -0.3 is 5.32 Å². The van der Waals surface area contributed by atoms with E-state index in [0.29, 0.717) is 5.69 Å². The van der Waals surface area contributed by atoms with Crippen molar-refractivity contribution in [3.05, 3.63) is 18.0 Å². The summed E-state index contributed by atoms with van der Waals surface area (Å²) in [6.45, 7) is 3.45. The minimum Gasteiger partial charge on any atom is -0.317 e. The van der Waals surface area contributed by atoms with Crippen LogP contribution in [0.25, 0.3) is 0 Å². The average Bonchev–Trinajstić information content (AvgIpc) is 2.39. The van der Waals surface area contributed by atoms with Crippen molar-refractivity contribution < 1.29 is 8.42 Å². The molecule has 1 fully saturated rings. The summed E-state index contributed by atoms with van der Waals surface area (Å²) in [6, 6.07) is 1.71. The molecule has 0 saturated carbocycles. The standard InChI is InChI=1S/C11H18N4O2S/c1-9-3-8-13-11(14-9)18(16,17)15(2)10-4-6-12-7-5-10/h3,8,10,12H,4-7H2,1-2H3. The molecule has 0 amide bonds. The molecule has 0 spiro atoms. The zero-order valence-electron chi connectivity index (χ0n) is 10.6. The molecule has 1 aromatic rings. The number of aryl methyl sites for hydroxylation is 1. The van der Waals surface area contributed by atoms with Crippen molar-refractivity contribution in [3.8, 4) is 0 Å². The number of hydrogen-bond donors (Lipinski definition) is 1. The molecular weight excluding hydrogens is 252 g/mol. The van der Waals surface area contributed by atoms with Crippen molar-refractivity contribution in [2.75, 3.05) is 20.1 Å². The number of nitrogens with one attached hydrogen (secondary N) is 1. The third kappa shape index (κ3) is 2.68. The van der Waals surface area contributed by atoms with Crippen molar-refractivity contribution in [1.82, 2.24) is 19.6 Å². The van der Waals surface area contributed by atoms with Gasteiger partial charge in [0.15, 0.2) is 0 Å². The predicted molar refractivity (Wildman–Crippen MR) is 67.6 cm³/mol. The van der Waals surface area contributed by atoms with Gasteiger partial charge in [-0.15, -0.1) is 0 Å². The second-order valence-corrected chi connectivity index (χ2v) is 6.37. The molecule has 100 valence electrons. The van der Waals surface area contributed by atoms with E-state index in [0.717, 1.165) is 25.9 Å². The summed E-state index contributed by atoms with van der Waals surface area (Å²) in [5, 5.41) is 3.11. The van der Waals surface area contributed by atoms with Gasteiger partial charge in [0.25, 0.3) is 15.2 Å². The fraction of sp³-hybridized carbons (Fsp3) is 0.636. The van der Waals surface area contributed by atoms with Crippen LogP contribution in [0.1, 0.15) is 18.5 Å². The lowest BCUT2D eigenvalue weighted by Crippen LogP contribution is -2.44. The first kappa shape index (κ1) is 13.4. The SMILES string of the molecule is Cc1ccnc(S(=O)(=O)N(C)C2CCNCC2)n1. The van der Waals surface area contributed by atoms with Crippen LogP contribution < -0.4 is 5.32 Å². The van der Waals surface area contributed by atoms with E-state index in [4.69, 9.17) is 0 Å². The van der Waals surface area contributed by atoms with Crippen LogP contribution in [0.2, 0.25) is 0 Å². The van der Waals surface area contributed by atoms with E-state index in [9.17, 15) is 8.42 Å². The molecule has 2 rings (SSSR count). The normalized spacial score (nSPS) is 18.2. The quantitative estimate of drug-likeness (QED) is 0.792. The molecule has 1 aromatic heterocycles. The number of sulfonamides is 1. The largest absolute Gasteiger partial charge is 0.317 e. The summed E-state index contributed by atoms with van der Waals surface area (Å²) < 4.78 is 26.1. The molecule has 1 saturated heterocycles. The Hall–Kier alpha value is -1.05. The van der Waals surface area contributed by atoms with Crippen LogP contribution in [0.15, 0.2) is 17.4 Å². The molecule has 7 heteroatoms. The van der Waals surface area contributed by atoms with E-state index in [1.165, 1.54) is 10.5 Å². The highest BCUT2D eigenvalue weighted by atomic mass is 32.2. The fourth-order valence-electron chi connectivity index (χ4n) is 2.05. The lowest BCUT2D eigenvalue weighted by atomic mass is 10.1. The smallest absolute Gasteiger partial charge is 0.278 e. The van der Waals surface area contributed by atoms with Crippen LogP contribution in [-0.4, -0.2) is 48.9 Å². The molecule has 0 radical (unpaired) electrons. The molecule has 1 aliphatic rings. The summed E-state index contributed by atoms with van der Waals surface area (Å²) in [6.07, 6.45) is 3.12. The summed E-state index contributed by atoms with van der Waals surface area (Å²) in [7, 11) is -1.97. The van der Waals surface area contributed by atoms with Gasteiger partial charge in [-0.3, -0.25) is 0 Å². The number of nitrogens with zero attached hydrogens (tertiary/aromatic N) is 3. The highest BCUT2D eigenvalue weighted by Crippen LogP contribution is 2.18. The highest BCUT2D eigenvalue weighted by molar-refractivity contribution is 7.88. The van der Waals surface area contributed by atoms with Gasteiger partial charge in [-0.2, -0.15) is 4.31 Å². The summed E-state index contributed by atoms with van der Waals surface area (Å²) in [4.78, 5) is 7.88. The molecule has 6 nitrogen and oxygen atoms in total. The Balaban J connectivity index is 2.24. The van der Waals surface area contributed by atoms with E-state index in [1.54, 1.807) is 20.0 Å². The Labute approximate surface area is 107 Å². The van der Waals surface area contributed by atoms with Crippen LogP contribution in [0.3, 0.4) is 0 Å². The van der Waals surface area contributed by atoms with Crippen LogP contribution in [0, 0.1) is 6.92 Å². The van der Waals surface area contributed by atoms with Gasteiger partial charge in [0.2, 0.25) is 0 Å². The lowest BCUT2D eigenvalue weighted by molar-refractivity contribution is 0.295. The lowest BCUT2D eigenvalue weighted by Gasteiger charge is -2.30. The first-order chi connectivity index (χ1) is 8.51. The Kier molecular flexibility index (Phi) is 3.94. The highest BCUT2D eigenvalue weighted by Gasteiger charge is 2.30. The Bertz CT molecular complexity index is 512. The molecule has 0 bridgehead atoms. The van der Waals surface area contributed by atoms with Crippen molar-refractivity contribution in [2.24, 2.45) is 0 Å². The Morgan fingerprint density at radius 2 is 2.06 bits per heavy atom. The number of rotatable bonds is 3. The second kappa shape index (κ2) is 5.29. The van der Waals surface area contributed by atoms with E-state index >= 15 is 0 Å². The van der Waals surface area contributed by atoms with E-state index in [-0.39, 0.29) is 11.2 Å². The zero-order chi connectivity index (χ0) is 13.2. The average molecular weight is 270 g/mol. The van der Waals surface area contributed by atoms with E-state index in [1.807, 2.05) is 0 Å². The van der Waals surface area contributed by atoms with Gasteiger partial charge in [-0.1, -0.05) is 0 Å². The van der Waals surface area contributed by atoms with Crippen molar-refractivity contribution in [2.45, 2.75) is 31.0 Å². The Morgan fingerprint density at radius 1 is 1.39 bits per heavy atom. The van der Waals surface area contributed by atoms with Gasteiger partial charge >= 0.3 is 0 Å². The van der Waals surface area contributed by atoms with Gasteiger partial charge in [-0.25, -0.2) is 18.4 Å². The minimum atomic E-state index is -3.58.